The molecule has 0 saturated heterocycles. The van der Waals surface area contributed by atoms with E-state index in [1.807, 2.05) is 43.1 Å². The second kappa shape index (κ2) is 5.61. The average Bonchev–Trinajstić information content (AvgIpc) is 2.40. The molecule has 0 aliphatic rings. The number of carbonyl (C=O) groups is 1. The first-order chi connectivity index (χ1) is 9.45. The minimum atomic E-state index is -0.447. The molecule has 1 aromatic carbocycles. The molecule has 5 nitrogen and oxygen atoms in total. The van der Waals surface area contributed by atoms with Gasteiger partial charge < -0.3 is 16.4 Å². The first kappa shape index (κ1) is 13.9. The Morgan fingerprint density at radius 2 is 1.90 bits per heavy atom. The second-order valence-electron chi connectivity index (χ2n) is 4.82. The highest BCUT2D eigenvalue weighted by Gasteiger charge is 2.09. The van der Waals surface area contributed by atoms with Crippen molar-refractivity contribution in [1.82, 2.24) is 4.98 Å². The number of benzene rings is 1. The molecule has 104 valence electrons. The number of hydrogen-bond acceptors (Lipinski definition) is 4. The van der Waals surface area contributed by atoms with Crippen LogP contribution < -0.4 is 16.4 Å². The second-order valence-corrected chi connectivity index (χ2v) is 4.82. The molecular weight excluding hydrogens is 252 g/mol. The molecule has 4 N–H and O–H groups in total. The number of pyridine rings is 1. The summed E-state index contributed by atoms with van der Waals surface area (Å²) in [6.07, 6.45) is 0. The Labute approximate surface area is 118 Å². The van der Waals surface area contributed by atoms with Crippen LogP contribution in [0.1, 0.15) is 21.6 Å². The molecule has 20 heavy (non-hydrogen) atoms. The molecule has 0 fully saturated rings. The van der Waals surface area contributed by atoms with E-state index in [9.17, 15) is 4.79 Å². The average molecular weight is 270 g/mol. The van der Waals surface area contributed by atoms with Crippen LogP contribution >= 0.6 is 0 Å². The highest BCUT2D eigenvalue weighted by atomic mass is 16.1. The van der Waals surface area contributed by atoms with Gasteiger partial charge in [0.05, 0.1) is 0 Å². The largest absolute Gasteiger partial charge is 0.399 e. The van der Waals surface area contributed by atoms with Crippen LogP contribution in [0.2, 0.25) is 0 Å². The van der Waals surface area contributed by atoms with Gasteiger partial charge in [-0.1, -0.05) is 12.1 Å². The summed E-state index contributed by atoms with van der Waals surface area (Å²) in [5.74, 6) is 0.272. The highest BCUT2D eigenvalue weighted by Crippen LogP contribution is 2.16. The molecule has 0 radical (unpaired) electrons. The number of primary amides is 1. The highest BCUT2D eigenvalue weighted by molar-refractivity contribution is 5.93. The number of aromatic nitrogens is 1. The van der Waals surface area contributed by atoms with E-state index in [1.54, 1.807) is 12.1 Å². The van der Waals surface area contributed by atoms with Crippen molar-refractivity contribution in [3.63, 3.8) is 0 Å². The van der Waals surface area contributed by atoms with E-state index in [2.05, 4.69) is 4.98 Å². The lowest BCUT2D eigenvalue weighted by Gasteiger charge is -2.19. The third-order valence-electron chi connectivity index (χ3n) is 3.01. The SMILES string of the molecule is Cc1cc(C(N)=O)cc(N(C)Cc2ccc(N)cc2)n1. The van der Waals surface area contributed by atoms with Crippen LogP contribution in [0.3, 0.4) is 0 Å². The number of carbonyl (C=O) groups excluding carboxylic acids is 1. The Morgan fingerprint density at radius 3 is 2.50 bits per heavy atom. The fourth-order valence-electron chi connectivity index (χ4n) is 1.97. The number of anilines is 2. The molecule has 1 aromatic heterocycles. The summed E-state index contributed by atoms with van der Waals surface area (Å²) < 4.78 is 0. The summed E-state index contributed by atoms with van der Waals surface area (Å²) in [5, 5.41) is 0. The van der Waals surface area contributed by atoms with Crippen molar-refractivity contribution in [2.45, 2.75) is 13.5 Å². The molecule has 0 spiro atoms. The fraction of sp³-hybridized carbons (Fsp3) is 0.200. The van der Waals surface area contributed by atoms with E-state index in [4.69, 9.17) is 11.5 Å². The molecule has 0 unspecified atom stereocenters. The van der Waals surface area contributed by atoms with E-state index >= 15 is 0 Å². The van der Waals surface area contributed by atoms with Crippen LogP contribution in [0.5, 0.6) is 0 Å². The third-order valence-corrected chi connectivity index (χ3v) is 3.01. The van der Waals surface area contributed by atoms with Crippen molar-refractivity contribution in [3.05, 3.63) is 53.2 Å². The van der Waals surface area contributed by atoms with Gasteiger partial charge in [0.15, 0.2) is 0 Å². The molecule has 1 amide bonds. The maximum Gasteiger partial charge on any atom is 0.248 e. The van der Waals surface area contributed by atoms with Gasteiger partial charge in [-0.05, 0) is 36.8 Å². The topological polar surface area (TPSA) is 85.2 Å². The van der Waals surface area contributed by atoms with E-state index in [1.165, 1.54) is 0 Å². The zero-order chi connectivity index (χ0) is 14.7. The van der Waals surface area contributed by atoms with Crippen molar-refractivity contribution in [1.29, 1.82) is 0 Å². The molecule has 0 bridgehead atoms. The lowest BCUT2D eigenvalue weighted by molar-refractivity contribution is 0.1000. The number of nitrogen functional groups attached to an aromatic ring is 1. The van der Waals surface area contributed by atoms with Gasteiger partial charge in [-0.3, -0.25) is 4.79 Å². The molecule has 0 aliphatic carbocycles. The van der Waals surface area contributed by atoms with Crippen LogP contribution in [0, 0.1) is 6.92 Å². The number of nitrogens with zero attached hydrogens (tertiary/aromatic N) is 2. The van der Waals surface area contributed by atoms with E-state index < -0.39 is 5.91 Å². The number of hydrogen-bond donors (Lipinski definition) is 2. The Hall–Kier alpha value is -2.56. The van der Waals surface area contributed by atoms with Crippen LogP contribution in [-0.4, -0.2) is 17.9 Å². The standard InChI is InChI=1S/C15H18N4O/c1-10-7-12(15(17)20)8-14(18-10)19(2)9-11-3-5-13(16)6-4-11/h3-8H,9,16H2,1-2H3,(H2,17,20). The molecule has 0 saturated carbocycles. The van der Waals surface area contributed by atoms with Crippen molar-refractivity contribution in [2.75, 3.05) is 17.7 Å². The molecule has 2 rings (SSSR count). The molecule has 0 aliphatic heterocycles. The Kier molecular flexibility index (Phi) is 3.89. The molecule has 2 aromatic rings. The minimum Gasteiger partial charge on any atom is -0.399 e. The zero-order valence-corrected chi connectivity index (χ0v) is 11.6. The van der Waals surface area contributed by atoms with Gasteiger partial charge in [0.2, 0.25) is 5.91 Å². The Balaban J connectivity index is 2.22. The van der Waals surface area contributed by atoms with E-state index in [0.717, 1.165) is 22.8 Å². The third kappa shape index (κ3) is 3.26. The zero-order valence-electron chi connectivity index (χ0n) is 11.6. The van der Waals surface area contributed by atoms with Gasteiger partial charge in [0.1, 0.15) is 5.82 Å². The maximum atomic E-state index is 11.3. The predicted molar refractivity (Wildman–Crippen MR) is 80.5 cm³/mol. The lowest BCUT2D eigenvalue weighted by Crippen LogP contribution is -2.20. The minimum absolute atomic E-state index is 0.447. The van der Waals surface area contributed by atoms with Crippen LogP contribution in [0.25, 0.3) is 0 Å². The molecule has 1 heterocycles. The summed E-state index contributed by atoms with van der Waals surface area (Å²) in [6.45, 7) is 2.52. The number of amides is 1. The van der Waals surface area contributed by atoms with Crippen molar-refractivity contribution < 1.29 is 4.79 Å². The lowest BCUT2D eigenvalue weighted by atomic mass is 10.2. The predicted octanol–water partition coefficient (Wildman–Crippen LogP) is 1.71. The van der Waals surface area contributed by atoms with Gasteiger partial charge in [-0.15, -0.1) is 0 Å². The Morgan fingerprint density at radius 1 is 1.25 bits per heavy atom. The van der Waals surface area contributed by atoms with Crippen LogP contribution in [0.4, 0.5) is 11.5 Å². The fourth-order valence-corrected chi connectivity index (χ4v) is 1.97. The van der Waals surface area contributed by atoms with Crippen LogP contribution in [-0.2, 0) is 6.54 Å². The summed E-state index contributed by atoms with van der Waals surface area (Å²) in [5.41, 5.74) is 14.1. The molecular formula is C15H18N4O. The van der Waals surface area contributed by atoms with Crippen LogP contribution in [0.15, 0.2) is 36.4 Å². The Bertz CT molecular complexity index is 622. The maximum absolute atomic E-state index is 11.3. The normalized spacial score (nSPS) is 10.3. The van der Waals surface area contributed by atoms with Crippen molar-refractivity contribution in [3.8, 4) is 0 Å². The monoisotopic (exact) mass is 270 g/mol. The quantitative estimate of drug-likeness (QED) is 0.828. The molecule has 5 heteroatoms. The first-order valence-corrected chi connectivity index (χ1v) is 6.30. The van der Waals surface area contributed by atoms with E-state index in [-0.39, 0.29) is 0 Å². The van der Waals surface area contributed by atoms with Gasteiger partial charge in [0.25, 0.3) is 0 Å². The number of nitrogens with two attached hydrogens (primary N) is 2. The van der Waals surface area contributed by atoms with Gasteiger partial charge >= 0.3 is 0 Å². The van der Waals surface area contributed by atoms with Gasteiger partial charge in [-0.25, -0.2) is 4.98 Å². The summed E-state index contributed by atoms with van der Waals surface area (Å²) >= 11 is 0. The smallest absolute Gasteiger partial charge is 0.248 e. The van der Waals surface area contributed by atoms with E-state index in [0.29, 0.717) is 12.1 Å². The van der Waals surface area contributed by atoms with Gasteiger partial charge in [0, 0.05) is 30.5 Å². The number of aryl methyl sites for hydroxylation is 1. The summed E-state index contributed by atoms with van der Waals surface area (Å²) in [7, 11) is 1.92. The first-order valence-electron chi connectivity index (χ1n) is 6.30. The van der Waals surface area contributed by atoms with Crippen molar-refractivity contribution >= 4 is 17.4 Å². The number of rotatable bonds is 4. The van der Waals surface area contributed by atoms with Gasteiger partial charge in [-0.2, -0.15) is 0 Å². The summed E-state index contributed by atoms with van der Waals surface area (Å²) in [4.78, 5) is 17.7. The molecule has 0 atom stereocenters. The summed E-state index contributed by atoms with van der Waals surface area (Å²) in [6, 6.07) is 11.0. The van der Waals surface area contributed by atoms with Crippen molar-refractivity contribution in [2.24, 2.45) is 5.73 Å².